The van der Waals surface area contributed by atoms with Gasteiger partial charge >= 0.3 is 0 Å². The van der Waals surface area contributed by atoms with E-state index in [4.69, 9.17) is 0 Å². The maximum atomic E-state index is 9.50. The molecule has 0 bridgehead atoms. The van der Waals surface area contributed by atoms with Gasteiger partial charge in [0.25, 0.3) is 0 Å². The molecule has 16 heavy (non-hydrogen) atoms. The minimum Gasteiger partial charge on any atom is -0.357 e. The first-order chi connectivity index (χ1) is 7.56. The lowest BCUT2D eigenvalue weighted by Gasteiger charge is -1.96. The molecule has 1 aromatic heterocycles. The highest BCUT2D eigenvalue weighted by molar-refractivity contribution is 5.46. The van der Waals surface area contributed by atoms with Crippen LogP contribution in [0.3, 0.4) is 0 Å². The smallest absolute Gasteiger partial charge is 0.207 e. The van der Waals surface area contributed by atoms with Gasteiger partial charge in [-0.25, -0.2) is 0 Å². The third-order valence-corrected chi connectivity index (χ3v) is 1.33. The molecule has 0 unspecified atom stereocenters. The summed E-state index contributed by atoms with van der Waals surface area (Å²) in [5, 5.41) is 10.2. The van der Waals surface area contributed by atoms with E-state index in [0.717, 1.165) is 11.4 Å². The summed E-state index contributed by atoms with van der Waals surface area (Å²) in [5.41, 5.74) is 1.94. The third kappa shape index (κ3) is 12.6. The van der Waals surface area contributed by atoms with Gasteiger partial charge in [0, 0.05) is 6.04 Å². The number of nitrogens with zero attached hydrogens (tertiary/aromatic N) is 2. The van der Waals surface area contributed by atoms with Crippen molar-refractivity contribution in [3.63, 3.8) is 0 Å². The number of hydrogen-bond donors (Lipinski definition) is 1. The molecule has 0 radical (unpaired) electrons. The minimum absolute atomic E-state index is 0.280. The number of nitrogens with one attached hydrogen (secondary N) is 1. The van der Waals surface area contributed by atoms with E-state index in [1.54, 1.807) is 0 Å². The second-order valence-corrected chi connectivity index (χ2v) is 3.26. The van der Waals surface area contributed by atoms with Crippen LogP contribution in [0.2, 0.25) is 0 Å². The molecule has 1 N–H and O–H groups in total. The van der Waals surface area contributed by atoms with E-state index in [1.807, 2.05) is 53.7 Å². The molecule has 0 aromatic carbocycles. The Hall–Kier alpha value is -1.45. The van der Waals surface area contributed by atoms with Gasteiger partial charge in [-0.1, -0.05) is 13.8 Å². The van der Waals surface area contributed by atoms with Crippen LogP contribution in [0, 0.1) is 13.8 Å². The van der Waals surface area contributed by atoms with Gasteiger partial charge in [0.2, 0.25) is 6.41 Å². The first-order valence-corrected chi connectivity index (χ1v) is 5.53. The highest BCUT2D eigenvalue weighted by Gasteiger charge is 1.83. The predicted molar refractivity (Wildman–Crippen MR) is 67.2 cm³/mol. The van der Waals surface area contributed by atoms with Crippen molar-refractivity contribution in [1.82, 2.24) is 15.5 Å². The predicted octanol–water partition coefficient (Wildman–Crippen LogP) is 2.26. The van der Waals surface area contributed by atoms with Gasteiger partial charge < -0.3 is 5.32 Å². The topological polar surface area (TPSA) is 54.9 Å². The molecule has 0 saturated heterocycles. The Morgan fingerprint density at radius 3 is 1.62 bits per heavy atom. The van der Waals surface area contributed by atoms with Crippen molar-refractivity contribution in [2.45, 2.75) is 47.6 Å². The van der Waals surface area contributed by atoms with Gasteiger partial charge in [-0.2, -0.15) is 10.2 Å². The van der Waals surface area contributed by atoms with Gasteiger partial charge in [0.15, 0.2) is 0 Å². The molecular weight excluding hydrogens is 202 g/mol. The van der Waals surface area contributed by atoms with Crippen molar-refractivity contribution < 1.29 is 4.79 Å². The first kappa shape index (κ1) is 17.0. The van der Waals surface area contributed by atoms with Crippen molar-refractivity contribution in [3.05, 3.63) is 23.5 Å². The summed E-state index contributed by atoms with van der Waals surface area (Å²) >= 11 is 0. The van der Waals surface area contributed by atoms with E-state index >= 15 is 0 Å². The number of amides is 1. The average molecular weight is 225 g/mol. The summed E-state index contributed by atoms with van der Waals surface area (Å²) < 4.78 is 0. The fourth-order valence-electron chi connectivity index (χ4n) is 0.602. The molecule has 0 aliphatic carbocycles. The Morgan fingerprint density at radius 2 is 1.50 bits per heavy atom. The van der Waals surface area contributed by atoms with Crippen molar-refractivity contribution in [2.75, 3.05) is 0 Å². The second kappa shape index (κ2) is 11.6. The summed E-state index contributed by atoms with van der Waals surface area (Å²) in [7, 11) is 0. The van der Waals surface area contributed by atoms with E-state index in [9.17, 15) is 4.79 Å². The van der Waals surface area contributed by atoms with Crippen LogP contribution < -0.4 is 5.32 Å². The quantitative estimate of drug-likeness (QED) is 0.785. The van der Waals surface area contributed by atoms with Crippen LogP contribution in [-0.2, 0) is 4.79 Å². The monoisotopic (exact) mass is 225 g/mol. The van der Waals surface area contributed by atoms with E-state index < -0.39 is 0 Å². The molecule has 1 heterocycles. The molecule has 0 spiro atoms. The second-order valence-electron chi connectivity index (χ2n) is 3.26. The molecule has 4 nitrogen and oxygen atoms in total. The molecule has 4 heteroatoms. The standard InChI is InChI=1S/C6H8N2.C4H9NO.C2H6/c1-5-3-4-6(2)8-7-5;1-4(2)5-3-6;1-2/h3-4H,1-2H3;3-4H,1-2H3,(H,5,6);1-2H3. The van der Waals surface area contributed by atoms with Gasteiger partial charge in [-0.15, -0.1) is 0 Å². The maximum Gasteiger partial charge on any atom is 0.207 e. The van der Waals surface area contributed by atoms with Crippen LogP contribution in [0.4, 0.5) is 0 Å². The zero-order chi connectivity index (χ0) is 13.0. The lowest BCUT2D eigenvalue weighted by atomic mass is 10.4. The normalized spacial score (nSPS) is 8.19. The van der Waals surface area contributed by atoms with Crippen molar-refractivity contribution in [1.29, 1.82) is 0 Å². The van der Waals surface area contributed by atoms with Crippen LogP contribution in [0.15, 0.2) is 12.1 Å². The Bertz CT molecular complexity index is 236. The number of rotatable bonds is 2. The molecule has 1 amide bonds. The fraction of sp³-hybridized carbons (Fsp3) is 0.583. The molecule has 0 saturated carbocycles. The highest BCUT2D eigenvalue weighted by atomic mass is 16.1. The SMILES string of the molecule is CC.CC(C)NC=O.Cc1ccc(C)nn1. The first-order valence-electron chi connectivity index (χ1n) is 5.53. The molecule has 0 aliphatic heterocycles. The molecule has 0 aliphatic rings. The average Bonchev–Trinajstić information content (AvgIpc) is 2.26. The maximum absolute atomic E-state index is 9.50. The third-order valence-electron chi connectivity index (χ3n) is 1.33. The van der Waals surface area contributed by atoms with E-state index in [0.29, 0.717) is 6.41 Å². The van der Waals surface area contributed by atoms with E-state index in [-0.39, 0.29) is 6.04 Å². The van der Waals surface area contributed by atoms with Crippen LogP contribution in [0.5, 0.6) is 0 Å². The Kier molecular flexibility index (Phi) is 12.3. The molecular formula is C12H23N3O. The molecule has 0 fully saturated rings. The van der Waals surface area contributed by atoms with Gasteiger partial charge in [-0.3, -0.25) is 4.79 Å². The molecule has 1 aromatic rings. The summed E-state index contributed by atoms with van der Waals surface area (Å²) in [6, 6.07) is 4.17. The molecule has 0 atom stereocenters. The van der Waals surface area contributed by atoms with Gasteiger partial charge in [-0.05, 0) is 39.8 Å². The van der Waals surface area contributed by atoms with Crippen LogP contribution >= 0.6 is 0 Å². The van der Waals surface area contributed by atoms with Crippen LogP contribution in [-0.4, -0.2) is 22.6 Å². The molecule has 92 valence electrons. The summed E-state index contributed by atoms with van der Waals surface area (Å²) in [6.07, 6.45) is 0.699. The number of aryl methyl sites for hydroxylation is 2. The number of hydrogen-bond acceptors (Lipinski definition) is 3. The largest absolute Gasteiger partial charge is 0.357 e. The molecule has 1 rings (SSSR count). The zero-order valence-electron chi connectivity index (χ0n) is 11.1. The minimum atomic E-state index is 0.280. The van der Waals surface area contributed by atoms with E-state index in [1.165, 1.54) is 0 Å². The van der Waals surface area contributed by atoms with Gasteiger partial charge in [0.05, 0.1) is 11.4 Å². The zero-order valence-corrected chi connectivity index (χ0v) is 11.1. The Labute approximate surface area is 98.5 Å². The van der Waals surface area contributed by atoms with Crippen molar-refractivity contribution in [2.24, 2.45) is 0 Å². The number of carbonyl (C=O) groups excluding carboxylic acids is 1. The fourth-order valence-corrected chi connectivity index (χ4v) is 0.602. The Balaban J connectivity index is 0. The van der Waals surface area contributed by atoms with Crippen molar-refractivity contribution in [3.8, 4) is 0 Å². The lowest BCUT2D eigenvalue weighted by molar-refractivity contribution is -0.109. The Morgan fingerprint density at radius 1 is 1.12 bits per heavy atom. The summed E-state index contributed by atoms with van der Waals surface area (Å²) in [5.74, 6) is 0. The van der Waals surface area contributed by atoms with E-state index in [2.05, 4.69) is 15.5 Å². The number of carbonyl (C=O) groups is 1. The van der Waals surface area contributed by atoms with Crippen LogP contribution in [0.1, 0.15) is 39.1 Å². The highest BCUT2D eigenvalue weighted by Crippen LogP contribution is 1.90. The number of aromatic nitrogens is 2. The van der Waals surface area contributed by atoms with Crippen molar-refractivity contribution >= 4 is 6.41 Å². The van der Waals surface area contributed by atoms with Crippen LogP contribution in [0.25, 0.3) is 0 Å². The van der Waals surface area contributed by atoms with Gasteiger partial charge in [0.1, 0.15) is 0 Å². The summed E-state index contributed by atoms with van der Waals surface area (Å²) in [6.45, 7) is 11.7. The lowest BCUT2D eigenvalue weighted by Crippen LogP contribution is -2.19. The summed E-state index contributed by atoms with van der Waals surface area (Å²) in [4.78, 5) is 9.50.